The van der Waals surface area contributed by atoms with Gasteiger partial charge in [-0.2, -0.15) is 0 Å². The predicted octanol–water partition coefficient (Wildman–Crippen LogP) is 0.978. The molecular formula is C13H22N4O3. The Hall–Kier alpha value is -1.47. The van der Waals surface area contributed by atoms with Crippen LogP contribution in [-0.2, 0) is 4.79 Å². The second-order valence-corrected chi connectivity index (χ2v) is 5.77. The molecule has 1 amide bonds. The van der Waals surface area contributed by atoms with Crippen LogP contribution in [0.3, 0.4) is 0 Å². The topological polar surface area (TPSA) is 91.5 Å². The van der Waals surface area contributed by atoms with E-state index in [0.717, 1.165) is 12.8 Å². The number of hydrogen-bond acceptors (Lipinski definition) is 6. The van der Waals surface area contributed by atoms with Crippen molar-refractivity contribution < 1.29 is 14.3 Å². The number of carbonyl (C=O) groups excluding carboxylic acids is 1. The third-order valence-corrected chi connectivity index (χ3v) is 3.30. The van der Waals surface area contributed by atoms with Crippen molar-refractivity contribution in [1.29, 1.82) is 0 Å². The number of amides is 1. The summed E-state index contributed by atoms with van der Waals surface area (Å²) in [5, 5.41) is 20.2. The molecule has 0 unspecified atom stereocenters. The molecule has 1 saturated heterocycles. The molecule has 1 aliphatic rings. The van der Waals surface area contributed by atoms with Crippen molar-refractivity contribution in [3.8, 4) is 0 Å². The molecule has 0 aromatic carbocycles. The molecule has 7 nitrogen and oxygen atoms in total. The SMILES string of the molecule is CCCC1(O)CN(CC(=O)Nc2nnc(C(C)C)o2)C1. The Morgan fingerprint density at radius 3 is 2.75 bits per heavy atom. The highest BCUT2D eigenvalue weighted by Gasteiger charge is 2.40. The van der Waals surface area contributed by atoms with Gasteiger partial charge in [0.1, 0.15) is 0 Å². The number of β-amino-alcohol motifs (C(OH)–C–C–N with tert-alkyl or cyclic N) is 1. The smallest absolute Gasteiger partial charge is 0.322 e. The number of anilines is 1. The summed E-state index contributed by atoms with van der Waals surface area (Å²) in [6, 6.07) is 0.128. The number of aliphatic hydroxyl groups is 1. The van der Waals surface area contributed by atoms with Gasteiger partial charge in [0.25, 0.3) is 0 Å². The lowest BCUT2D eigenvalue weighted by Crippen LogP contribution is -2.62. The van der Waals surface area contributed by atoms with Gasteiger partial charge in [0.2, 0.25) is 11.8 Å². The van der Waals surface area contributed by atoms with Crippen LogP contribution in [0.25, 0.3) is 0 Å². The molecule has 2 heterocycles. The van der Waals surface area contributed by atoms with Crippen molar-refractivity contribution in [2.24, 2.45) is 0 Å². The lowest BCUT2D eigenvalue weighted by atomic mass is 9.89. The average Bonchev–Trinajstić information content (AvgIpc) is 2.75. The Kier molecular flexibility index (Phi) is 4.39. The molecule has 0 spiro atoms. The van der Waals surface area contributed by atoms with E-state index in [1.807, 2.05) is 25.7 Å². The van der Waals surface area contributed by atoms with Gasteiger partial charge >= 0.3 is 6.01 Å². The van der Waals surface area contributed by atoms with Crippen LogP contribution in [0.1, 0.15) is 45.4 Å². The van der Waals surface area contributed by atoms with Crippen LogP contribution in [0, 0.1) is 0 Å². The molecule has 0 radical (unpaired) electrons. The first-order chi connectivity index (χ1) is 9.42. The summed E-state index contributed by atoms with van der Waals surface area (Å²) in [4.78, 5) is 13.7. The molecule has 0 aliphatic carbocycles. The largest absolute Gasteiger partial charge is 0.408 e. The Morgan fingerprint density at radius 1 is 1.50 bits per heavy atom. The van der Waals surface area contributed by atoms with Crippen LogP contribution < -0.4 is 5.32 Å². The van der Waals surface area contributed by atoms with Gasteiger partial charge in [0, 0.05) is 19.0 Å². The second-order valence-electron chi connectivity index (χ2n) is 5.77. The molecular weight excluding hydrogens is 260 g/mol. The molecule has 1 fully saturated rings. The molecule has 0 saturated carbocycles. The number of aromatic nitrogens is 2. The molecule has 0 bridgehead atoms. The summed E-state index contributed by atoms with van der Waals surface area (Å²) >= 11 is 0. The number of carbonyl (C=O) groups is 1. The van der Waals surface area contributed by atoms with Crippen molar-refractivity contribution in [1.82, 2.24) is 15.1 Å². The Bertz CT molecular complexity index is 466. The fourth-order valence-electron chi connectivity index (χ4n) is 2.40. The van der Waals surface area contributed by atoms with Gasteiger partial charge in [0.05, 0.1) is 12.1 Å². The van der Waals surface area contributed by atoms with E-state index in [-0.39, 0.29) is 24.4 Å². The Balaban J connectivity index is 1.76. The normalized spacial score (nSPS) is 18.1. The van der Waals surface area contributed by atoms with Crippen molar-refractivity contribution in [2.75, 3.05) is 25.0 Å². The summed E-state index contributed by atoms with van der Waals surface area (Å²) in [7, 11) is 0. The minimum absolute atomic E-state index is 0.128. The quantitative estimate of drug-likeness (QED) is 0.808. The van der Waals surface area contributed by atoms with E-state index in [9.17, 15) is 9.90 Å². The zero-order chi connectivity index (χ0) is 14.8. The van der Waals surface area contributed by atoms with Crippen LogP contribution in [0.2, 0.25) is 0 Å². The minimum Gasteiger partial charge on any atom is -0.408 e. The van der Waals surface area contributed by atoms with E-state index in [2.05, 4.69) is 15.5 Å². The van der Waals surface area contributed by atoms with Crippen LogP contribution in [0.15, 0.2) is 4.42 Å². The maximum atomic E-state index is 11.8. The highest BCUT2D eigenvalue weighted by atomic mass is 16.4. The third kappa shape index (κ3) is 3.55. The van der Waals surface area contributed by atoms with Gasteiger partial charge in [-0.25, -0.2) is 0 Å². The number of likely N-dealkylation sites (tertiary alicyclic amines) is 1. The average molecular weight is 282 g/mol. The van der Waals surface area contributed by atoms with E-state index in [4.69, 9.17) is 4.42 Å². The lowest BCUT2D eigenvalue weighted by molar-refractivity contribution is -0.129. The number of hydrogen-bond donors (Lipinski definition) is 2. The zero-order valence-electron chi connectivity index (χ0n) is 12.2. The zero-order valence-corrected chi connectivity index (χ0v) is 12.2. The monoisotopic (exact) mass is 282 g/mol. The van der Waals surface area contributed by atoms with E-state index in [1.165, 1.54) is 0 Å². The molecule has 1 aromatic heterocycles. The summed E-state index contributed by atoms with van der Waals surface area (Å²) < 4.78 is 5.31. The highest BCUT2D eigenvalue weighted by molar-refractivity contribution is 5.90. The summed E-state index contributed by atoms with van der Waals surface area (Å²) in [6.07, 6.45) is 1.71. The van der Waals surface area contributed by atoms with E-state index in [1.54, 1.807) is 0 Å². The van der Waals surface area contributed by atoms with Gasteiger partial charge in [0.15, 0.2) is 0 Å². The fraction of sp³-hybridized carbons (Fsp3) is 0.769. The van der Waals surface area contributed by atoms with E-state index >= 15 is 0 Å². The van der Waals surface area contributed by atoms with Gasteiger partial charge in [-0.1, -0.05) is 32.3 Å². The highest BCUT2D eigenvalue weighted by Crippen LogP contribution is 2.25. The van der Waals surface area contributed by atoms with E-state index in [0.29, 0.717) is 19.0 Å². The molecule has 7 heteroatoms. The molecule has 20 heavy (non-hydrogen) atoms. The third-order valence-electron chi connectivity index (χ3n) is 3.30. The van der Waals surface area contributed by atoms with Gasteiger partial charge in [-0.3, -0.25) is 15.0 Å². The lowest BCUT2D eigenvalue weighted by Gasteiger charge is -2.46. The van der Waals surface area contributed by atoms with Crippen molar-refractivity contribution in [3.63, 3.8) is 0 Å². The second kappa shape index (κ2) is 5.88. The van der Waals surface area contributed by atoms with Gasteiger partial charge in [-0.15, -0.1) is 5.10 Å². The molecule has 2 rings (SSSR count). The molecule has 112 valence electrons. The number of nitrogens with zero attached hydrogens (tertiary/aromatic N) is 3. The minimum atomic E-state index is -0.621. The fourth-order valence-corrected chi connectivity index (χ4v) is 2.40. The predicted molar refractivity (Wildman–Crippen MR) is 73.3 cm³/mol. The van der Waals surface area contributed by atoms with Crippen LogP contribution in [-0.4, -0.2) is 51.3 Å². The van der Waals surface area contributed by atoms with E-state index < -0.39 is 5.60 Å². The number of rotatable bonds is 6. The van der Waals surface area contributed by atoms with Crippen LogP contribution in [0.4, 0.5) is 6.01 Å². The summed E-state index contributed by atoms with van der Waals surface area (Å²) in [5.74, 6) is 0.427. The first-order valence-electron chi connectivity index (χ1n) is 7.00. The van der Waals surface area contributed by atoms with Crippen molar-refractivity contribution in [2.45, 2.75) is 45.1 Å². The van der Waals surface area contributed by atoms with Gasteiger partial charge in [-0.05, 0) is 6.42 Å². The summed E-state index contributed by atoms with van der Waals surface area (Å²) in [5.41, 5.74) is -0.621. The van der Waals surface area contributed by atoms with Crippen LogP contribution in [0.5, 0.6) is 0 Å². The van der Waals surface area contributed by atoms with Gasteiger partial charge < -0.3 is 9.52 Å². The van der Waals surface area contributed by atoms with Crippen molar-refractivity contribution in [3.05, 3.63) is 5.89 Å². The Labute approximate surface area is 118 Å². The first-order valence-corrected chi connectivity index (χ1v) is 7.00. The van der Waals surface area contributed by atoms with Crippen LogP contribution >= 0.6 is 0 Å². The number of nitrogens with one attached hydrogen (secondary N) is 1. The molecule has 1 aliphatic heterocycles. The summed E-state index contributed by atoms with van der Waals surface area (Å²) in [6.45, 7) is 7.22. The first kappa shape index (κ1) is 14.9. The van der Waals surface area contributed by atoms with Crippen molar-refractivity contribution >= 4 is 11.9 Å². The molecule has 0 atom stereocenters. The molecule has 1 aromatic rings. The standard InChI is InChI=1S/C13H22N4O3/c1-4-5-13(19)7-17(8-13)6-10(18)14-12-16-15-11(20-12)9(2)3/h9,19H,4-8H2,1-3H3,(H,14,16,18). The maximum Gasteiger partial charge on any atom is 0.322 e. The molecule has 2 N–H and O–H groups in total. The Morgan fingerprint density at radius 2 is 2.20 bits per heavy atom. The maximum absolute atomic E-state index is 11.8.